The van der Waals surface area contributed by atoms with Crippen LogP contribution in [-0.4, -0.2) is 18.6 Å². The fraction of sp³-hybridized carbons (Fsp3) is 0.778. The molecule has 3 atom stereocenters. The molecule has 1 fully saturated rings. The van der Waals surface area contributed by atoms with Gasteiger partial charge in [-0.3, -0.25) is 0 Å². The summed E-state index contributed by atoms with van der Waals surface area (Å²) in [6, 6.07) is 0. The van der Waals surface area contributed by atoms with Gasteiger partial charge in [0, 0.05) is 17.3 Å². The Morgan fingerprint density at radius 1 is 1.75 bits per heavy atom. The van der Waals surface area contributed by atoms with Gasteiger partial charge in [0.05, 0.1) is 0 Å². The molecule has 0 aromatic heterocycles. The van der Waals surface area contributed by atoms with E-state index >= 15 is 0 Å². The molecule has 0 N–H and O–H groups in total. The minimum Gasteiger partial charge on any atom is -0.312 e. The fourth-order valence-electron chi connectivity index (χ4n) is 1.35. The van der Waals surface area contributed by atoms with E-state index in [9.17, 15) is 4.57 Å². The molecule has 12 heavy (non-hydrogen) atoms. The largest absolute Gasteiger partial charge is 0.312 e. The molecule has 0 amide bonds. The zero-order valence-electron chi connectivity index (χ0n) is 7.83. The SMILES string of the molecule is C#CC1(C)CSP(C)(=O)CC1C. The lowest BCUT2D eigenvalue weighted by molar-refractivity contribution is 0.356. The van der Waals surface area contributed by atoms with Crippen LogP contribution in [0.5, 0.6) is 0 Å². The molecule has 1 nitrogen and oxygen atoms in total. The van der Waals surface area contributed by atoms with Gasteiger partial charge in [-0.15, -0.1) is 6.42 Å². The van der Waals surface area contributed by atoms with Crippen LogP contribution in [0.25, 0.3) is 0 Å². The van der Waals surface area contributed by atoms with Crippen LogP contribution in [0.2, 0.25) is 0 Å². The van der Waals surface area contributed by atoms with Crippen molar-refractivity contribution in [3.05, 3.63) is 0 Å². The highest BCUT2D eigenvalue weighted by Gasteiger charge is 2.39. The molecule has 0 aromatic rings. The molecule has 0 bridgehead atoms. The lowest BCUT2D eigenvalue weighted by atomic mass is 9.82. The highest BCUT2D eigenvalue weighted by Crippen LogP contribution is 2.63. The van der Waals surface area contributed by atoms with Crippen LogP contribution in [0.15, 0.2) is 0 Å². The Morgan fingerprint density at radius 2 is 2.33 bits per heavy atom. The van der Waals surface area contributed by atoms with E-state index in [2.05, 4.69) is 19.8 Å². The van der Waals surface area contributed by atoms with E-state index in [-0.39, 0.29) is 5.41 Å². The van der Waals surface area contributed by atoms with Crippen molar-refractivity contribution in [2.75, 3.05) is 18.6 Å². The molecule has 1 aliphatic heterocycles. The highest BCUT2D eigenvalue weighted by atomic mass is 32.7. The second kappa shape index (κ2) is 3.13. The first kappa shape index (κ1) is 10.2. The maximum Gasteiger partial charge on any atom is 0.136 e. The molecule has 1 saturated heterocycles. The predicted molar refractivity (Wildman–Crippen MR) is 57.0 cm³/mol. The number of hydrogen-bond acceptors (Lipinski definition) is 2. The molecule has 1 aliphatic rings. The number of rotatable bonds is 0. The van der Waals surface area contributed by atoms with Crippen LogP contribution < -0.4 is 0 Å². The molecule has 0 aromatic carbocycles. The zero-order chi connectivity index (χ0) is 9.41. The Kier molecular flexibility index (Phi) is 2.66. The van der Waals surface area contributed by atoms with Crippen molar-refractivity contribution < 1.29 is 4.57 Å². The summed E-state index contributed by atoms with van der Waals surface area (Å²) >= 11 is 1.57. The minimum absolute atomic E-state index is 0.0470. The third kappa shape index (κ3) is 1.90. The molecule has 0 saturated carbocycles. The summed E-state index contributed by atoms with van der Waals surface area (Å²) in [5.74, 6) is 4.06. The van der Waals surface area contributed by atoms with Crippen LogP contribution in [0, 0.1) is 23.7 Å². The van der Waals surface area contributed by atoms with Gasteiger partial charge in [-0.2, -0.15) is 0 Å². The van der Waals surface area contributed by atoms with Gasteiger partial charge in [0.1, 0.15) is 6.34 Å². The number of terminal acetylenes is 1. The fourth-order valence-corrected chi connectivity index (χ4v) is 6.37. The molecular formula is C9H15OPS. The predicted octanol–water partition coefficient (Wildman–Crippen LogP) is 2.92. The maximum absolute atomic E-state index is 11.7. The highest BCUT2D eigenvalue weighted by molar-refractivity contribution is 8.58. The van der Waals surface area contributed by atoms with Crippen molar-refractivity contribution in [1.82, 2.24) is 0 Å². The zero-order valence-corrected chi connectivity index (χ0v) is 9.54. The molecule has 68 valence electrons. The molecule has 0 spiro atoms. The van der Waals surface area contributed by atoms with Crippen molar-refractivity contribution in [3.8, 4) is 12.3 Å². The Bertz CT molecular complexity index is 268. The van der Waals surface area contributed by atoms with Crippen LogP contribution >= 0.6 is 17.7 Å². The van der Waals surface area contributed by atoms with Crippen molar-refractivity contribution >= 4 is 17.7 Å². The van der Waals surface area contributed by atoms with E-state index < -0.39 is 6.34 Å². The van der Waals surface area contributed by atoms with Gasteiger partial charge in [0.25, 0.3) is 0 Å². The second-order valence-electron chi connectivity index (χ2n) is 3.93. The van der Waals surface area contributed by atoms with E-state index in [0.717, 1.165) is 11.9 Å². The van der Waals surface area contributed by atoms with Crippen molar-refractivity contribution in [2.24, 2.45) is 11.3 Å². The van der Waals surface area contributed by atoms with Crippen molar-refractivity contribution in [2.45, 2.75) is 13.8 Å². The third-order valence-electron chi connectivity index (χ3n) is 2.66. The Hall–Kier alpha value is 0.140. The normalized spacial score (nSPS) is 48.3. The summed E-state index contributed by atoms with van der Waals surface area (Å²) in [6.07, 6.45) is 4.34. The first-order valence-electron chi connectivity index (χ1n) is 4.08. The summed E-state index contributed by atoms with van der Waals surface area (Å²) in [5.41, 5.74) is -0.0470. The van der Waals surface area contributed by atoms with Gasteiger partial charge in [0.15, 0.2) is 0 Å². The molecule has 1 rings (SSSR count). The van der Waals surface area contributed by atoms with Crippen molar-refractivity contribution in [1.29, 1.82) is 0 Å². The Morgan fingerprint density at radius 3 is 2.75 bits per heavy atom. The maximum atomic E-state index is 11.7. The van der Waals surface area contributed by atoms with Crippen LogP contribution in [0.4, 0.5) is 0 Å². The van der Waals surface area contributed by atoms with Gasteiger partial charge in [-0.05, 0) is 19.5 Å². The first-order chi connectivity index (χ1) is 5.40. The first-order valence-corrected chi connectivity index (χ1v) is 8.01. The Labute approximate surface area is 78.8 Å². The molecule has 1 heterocycles. The van der Waals surface area contributed by atoms with Crippen LogP contribution in [-0.2, 0) is 4.57 Å². The lowest BCUT2D eigenvalue weighted by Crippen LogP contribution is -2.31. The van der Waals surface area contributed by atoms with E-state index in [4.69, 9.17) is 6.42 Å². The Balaban J connectivity index is 2.81. The van der Waals surface area contributed by atoms with Gasteiger partial charge in [0.2, 0.25) is 0 Å². The topological polar surface area (TPSA) is 17.1 Å². The van der Waals surface area contributed by atoms with Gasteiger partial charge >= 0.3 is 0 Å². The lowest BCUT2D eigenvalue weighted by Gasteiger charge is -2.37. The van der Waals surface area contributed by atoms with Gasteiger partial charge < -0.3 is 4.57 Å². The summed E-state index contributed by atoms with van der Waals surface area (Å²) in [4.78, 5) is 0. The summed E-state index contributed by atoms with van der Waals surface area (Å²) < 4.78 is 11.7. The average Bonchev–Trinajstić information content (AvgIpc) is 1.97. The van der Waals surface area contributed by atoms with Gasteiger partial charge in [-0.1, -0.05) is 24.2 Å². The quantitative estimate of drug-likeness (QED) is 0.444. The summed E-state index contributed by atoms with van der Waals surface area (Å²) in [7, 11) is 0. The number of hydrogen-bond donors (Lipinski definition) is 0. The standard InChI is InChI=1S/C9H15OPS/c1-5-9(3)7-12-11(4,10)6-8(9)2/h1,8H,6-7H2,2-4H3. The van der Waals surface area contributed by atoms with E-state index in [0.29, 0.717) is 5.92 Å². The smallest absolute Gasteiger partial charge is 0.136 e. The van der Waals surface area contributed by atoms with Crippen LogP contribution in [0.1, 0.15) is 13.8 Å². The second-order valence-corrected chi connectivity index (χ2v) is 9.97. The van der Waals surface area contributed by atoms with E-state index in [1.165, 1.54) is 0 Å². The summed E-state index contributed by atoms with van der Waals surface area (Å²) in [6.45, 7) is 6.06. The third-order valence-corrected chi connectivity index (χ3v) is 7.62. The van der Waals surface area contributed by atoms with Crippen LogP contribution in [0.3, 0.4) is 0 Å². The van der Waals surface area contributed by atoms with E-state index in [1.54, 1.807) is 11.4 Å². The van der Waals surface area contributed by atoms with Gasteiger partial charge in [-0.25, -0.2) is 0 Å². The molecule has 3 unspecified atom stereocenters. The molecule has 3 heteroatoms. The average molecular weight is 202 g/mol. The molecule has 0 aliphatic carbocycles. The monoisotopic (exact) mass is 202 g/mol. The molecular weight excluding hydrogens is 187 g/mol. The molecule has 0 radical (unpaired) electrons. The summed E-state index contributed by atoms with van der Waals surface area (Å²) in [5, 5.41) is 0. The minimum atomic E-state index is -1.91. The van der Waals surface area contributed by atoms with Crippen molar-refractivity contribution in [3.63, 3.8) is 0 Å². The van der Waals surface area contributed by atoms with E-state index in [1.807, 2.05) is 6.66 Å².